The average Bonchev–Trinajstić information content (AvgIpc) is 2.80. The Kier molecular flexibility index (Phi) is 3.92. The largest absolute Gasteiger partial charge is 0.496 e. The summed E-state index contributed by atoms with van der Waals surface area (Å²) in [7, 11) is 1.45. The van der Waals surface area contributed by atoms with Gasteiger partial charge in [-0.3, -0.25) is 14.7 Å². The molecule has 0 spiro atoms. The molecule has 0 saturated carbocycles. The molecule has 0 radical (unpaired) electrons. The van der Waals surface area contributed by atoms with E-state index in [0.717, 1.165) is 4.90 Å². The number of ether oxygens (including phenoxy) is 1. The fourth-order valence-electron chi connectivity index (χ4n) is 2.71. The van der Waals surface area contributed by atoms with Crippen LogP contribution in [0.4, 0.5) is 9.18 Å². The van der Waals surface area contributed by atoms with E-state index < -0.39 is 23.3 Å². The Morgan fingerprint density at radius 2 is 2.08 bits per heavy atom. The molecule has 3 amide bonds. The Labute approximate surface area is 138 Å². The molecular formula is C17H16FN3O3. The highest BCUT2D eigenvalue weighted by Gasteiger charge is 2.50. The molecule has 1 aliphatic heterocycles. The number of aromatic nitrogens is 1. The molecule has 0 aliphatic carbocycles. The number of urea groups is 1. The first-order valence-electron chi connectivity index (χ1n) is 7.34. The number of benzene rings is 1. The summed E-state index contributed by atoms with van der Waals surface area (Å²) in [5, 5.41) is 2.66. The van der Waals surface area contributed by atoms with Gasteiger partial charge < -0.3 is 10.1 Å². The van der Waals surface area contributed by atoms with Gasteiger partial charge in [-0.05, 0) is 37.3 Å². The van der Waals surface area contributed by atoms with Crippen molar-refractivity contribution in [1.29, 1.82) is 0 Å². The van der Waals surface area contributed by atoms with E-state index in [9.17, 15) is 14.0 Å². The van der Waals surface area contributed by atoms with Crippen LogP contribution in [0.2, 0.25) is 0 Å². The molecule has 3 rings (SSSR count). The lowest BCUT2D eigenvalue weighted by atomic mass is 9.97. The molecular weight excluding hydrogens is 313 g/mol. The van der Waals surface area contributed by atoms with Crippen molar-refractivity contribution in [3.63, 3.8) is 0 Å². The van der Waals surface area contributed by atoms with E-state index in [1.54, 1.807) is 31.3 Å². The third-order valence-electron chi connectivity index (χ3n) is 4.02. The monoisotopic (exact) mass is 329 g/mol. The number of halogens is 1. The summed E-state index contributed by atoms with van der Waals surface area (Å²) < 4.78 is 18.7. The van der Waals surface area contributed by atoms with Gasteiger partial charge in [-0.1, -0.05) is 6.07 Å². The van der Waals surface area contributed by atoms with Gasteiger partial charge in [-0.15, -0.1) is 0 Å². The summed E-state index contributed by atoms with van der Waals surface area (Å²) in [5.41, 5.74) is -0.401. The lowest BCUT2D eigenvalue weighted by Gasteiger charge is -2.21. The third kappa shape index (κ3) is 2.58. The van der Waals surface area contributed by atoms with Crippen molar-refractivity contribution in [2.75, 3.05) is 7.11 Å². The number of hydrogen-bond acceptors (Lipinski definition) is 4. The van der Waals surface area contributed by atoms with Crippen LogP contribution in [0.15, 0.2) is 42.6 Å². The van der Waals surface area contributed by atoms with Crippen LogP contribution in [0.25, 0.3) is 0 Å². The summed E-state index contributed by atoms with van der Waals surface area (Å²) in [6.45, 7) is 1.51. The van der Waals surface area contributed by atoms with Crippen LogP contribution in [-0.2, 0) is 16.9 Å². The Balaban J connectivity index is 1.92. The summed E-state index contributed by atoms with van der Waals surface area (Å²) in [6.07, 6.45) is 1.55. The molecule has 2 heterocycles. The molecule has 1 aromatic carbocycles. The number of carbonyl (C=O) groups is 2. The van der Waals surface area contributed by atoms with Gasteiger partial charge in [-0.25, -0.2) is 9.18 Å². The molecule has 6 nitrogen and oxygen atoms in total. The quantitative estimate of drug-likeness (QED) is 0.873. The second-order valence-electron chi connectivity index (χ2n) is 5.62. The molecule has 1 N–H and O–H groups in total. The number of imide groups is 1. The molecule has 1 unspecified atom stereocenters. The van der Waals surface area contributed by atoms with Crippen molar-refractivity contribution in [3.05, 3.63) is 59.7 Å². The van der Waals surface area contributed by atoms with Crippen molar-refractivity contribution >= 4 is 11.9 Å². The zero-order valence-electron chi connectivity index (χ0n) is 13.2. The molecule has 24 heavy (non-hydrogen) atoms. The van der Waals surface area contributed by atoms with Crippen LogP contribution in [0.5, 0.6) is 5.75 Å². The second kappa shape index (κ2) is 5.92. The topological polar surface area (TPSA) is 71.5 Å². The minimum atomic E-state index is -1.25. The average molecular weight is 329 g/mol. The van der Waals surface area contributed by atoms with E-state index >= 15 is 0 Å². The Morgan fingerprint density at radius 3 is 2.75 bits per heavy atom. The van der Waals surface area contributed by atoms with Crippen LogP contribution >= 0.6 is 0 Å². The fourth-order valence-corrected chi connectivity index (χ4v) is 2.71. The summed E-state index contributed by atoms with van der Waals surface area (Å²) in [6, 6.07) is 8.54. The van der Waals surface area contributed by atoms with Gasteiger partial charge in [-0.2, -0.15) is 0 Å². The van der Waals surface area contributed by atoms with E-state index in [0.29, 0.717) is 17.0 Å². The predicted octanol–water partition coefficient (Wildman–Crippen LogP) is 2.20. The fraction of sp³-hybridized carbons (Fsp3) is 0.235. The number of pyridine rings is 1. The van der Waals surface area contributed by atoms with Crippen molar-refractivity contribution in [1.82, 2.24) is 15.2 Å². The maximum Gasteiger partial charge on any atom is 0.325 e. The number of amides is 3. The molecule has 1 atom stereocenters. The third-order valence-corrected chi connectivity index (χ3v) is 4.02. The first kappa shape index (κ1) is 15.9. The van der Waals surface area contributed by atoms with E-state index in [1.807, 2.05) is 0 Å². The molecule has 7 heteroatoms. The number of nitrogens with zero attached hydrogens (tertiary/aromatic N) is 2. The van der Waals surface area contributed by atoms with Crippen molar-refractivity contribution in [2.45, 2.75) is 19.0 Å². The maximum atomic E-state index is 13.5. The van der Waals surface area contributed by atoms with E-state index in [2.05, 4.69) is 10.3 Å². The number of carbonyl (C=O) groups excluding carboxylic acids is 2. The predicted molar refractivity (Wildman–Crippen MR) is 83.6 cm³/mol. The highest BCUT2D eigenvalue weighted by atomic mass is 19.1. The standard InChI is InChI=1S/C17H16FN3O3/c1-17(14-5-3-4-8-19-14)15(22)21(16(23)20-17)10-11-9-12(18)6-7-13(11)24-2/h3-9H,10H2,1-2H3,(H,20,23). The van der Waals surface area contributed by atoms with Crippen molar-refractivity contribution in [2.24, 2.45) is 0 Å². The van der Waals surface area contributed by atoms with Crippen LogP contribution < -0.4 is 10.1 Å². The molecule has 1 aromatic heterocycles. The van der Waals surface area contributed by atoms with Gasteiger partial charge in [0, 0.05) is 11.8 Å². The van der Waals surface area contributed by atoms with Crippen LogP contribution in [0.3, 0.4) is 0 Å². The van der Waals surface area contributed by atoms with E-state index in [-0.39, 0.29) is 6.54 Å². The van der Waals surface area contributed by atoms with Crippen molar-refractivity contribution in [3.8, 4) is 5.75 Å². The summed E-state index contributed by atoms with van der Waals surface area (Å²) >= 11 is 0. The SMILES string of the molecule is COc1ccc(F)cc1CN1C(=O)NC(C)(c2ccccn2)C1=O. The Hall–Kier alpha value is -2.96. The second-order valence-corrected chi connectivity index (χ2v) is 5.62. The zero-order valence-corrected chi connectivity index (χ0v) is 13.2. The van der Waals surface area contributed by atoms with Crippen LogP contribution in [0, 0.1) is 5.82 Å². The molecule has 0 bridgehead atoms. The number of hydrogen-bond donors (Lipinski definition) is 1. The molecule has 1 fully saturated rings. The van der Waals surface area contributed by atoms with Gasteiger partial charge >= 0.3 is 6.03 Å². The smallest absolute Gasteiger partial charge is 0.325 e. The molecule has 2 aromatic rings. The molecule has 1 saturated heterocycles. The van der Waals surface area contributed by atoms with Gasteiger partial charge in [0.05, 0.1) is 19.3 Å². The number of nitrogens with one attached hydrogen (secondary N) is 1. The highest BCUT2D eigenvalue weighted by molar-refractivity contribution is 6.06. The summed E-state index contributed by atoms with van der Waals surface area (Å²) in [4.78, 5) is 30.3. The maximum absolute atomic E-state index is 13.5. The first-order chi connectivity index (χ1) is 11.5. The van der Waals surface area contributed by atoms with Crippen LogP contribution in [-0.4, -0.2) is 28.9 Å². The molecule has 124 valence electrons. The van der Waals surface area contributed by atoms with Crippen molar-refractivity contribution < 1.29 is 18.7 Å². The Bertz CT molecular complexity index is 797. The van der Waals surface area contributed by atoms with Gasteiger partial charge in [0.2, 0.25) is 0 Å². The van der Waals surface area contributed by atoms with Gasteiger partial charge in [0.15, 0.2) is 5.54 Å². The number of methoxy groups -OCH3 is 1. The zero-order chi connectivity index (χ0) is 17.3. The van der Waals surface area contributed by atoms with Crippen LogP contribution in [0.1, 0.15) is 18.2 Å². The summed E-state index contributed by atoms with van der Waals surface area (Å²) in [5.74, 6) is -0.508. The van der Waals surface area contributed by atoms with E-state index in [4.69, 9.17) is 4.74 Å². The van der Waals surface area contributed by atoms with Gasteiger partial charge in [0.25, 0.3) is 5.91 Å². The van der Waals surface area contributed by atoms with Gasteiger partial charge in [0.1, 0.15) is 11.6 Å². The minimum absolute atomic E-state index is 0.0893. The Morgan fingerprint density at radius 1 is 1.29 bits per heavy atom. The lowest BCUT2D eigenvalue weighted by Crippen LogP contribution is -2.41. The highest BCUT2D eigenvalue weighted by Crippen LogP contribution is 2.30. The first-order valence-corrected chi connectivity index (χ1v) is 7.34. The number of rotatable bonds is 4. The molecule has 1 aliphatic rings. The normalized spacial score (nSPS) is 20.2. The van der Waals surface area contributed by atoms with E-state index in [1.165, 1.54) is 25.3 Å². The minimum Gasteiger partial charge on any atom is -0.496 e. The lowest BCUT2D eigenvalue weighted by molar-refractivity contribution is -0.131.